The van der Waals surface area contributed by atoms with Gasteiger partial charge >= 0.3 is 0 Å². The predicted octanol–water partition coefficient (Wildman–Crippen LogP) is 3.41. The Bertz CT molecular complexity index is 441. The number of nitriles is 1. The third-order valence-electron chi connectivity index (χ3n) is 3.37. The molecule has 0 aliphatic heterocycles. The summed E-state index contributed by atoms with van der Waals surface area (Å²) in [6.45, 7) is 4.21. The van der Waals surface area contributed by atoms with Crippen LogP contribution in [0.3, 0.4) is 0 Å². The van der Waals surface area contributed by atoms with E-state index in [0.29, 0.717) is 0 Å². The maximum atomic E-state index is 9.34. The van der Waals surface area contributed by atoms with E-state index >= 15 is 0 Å². The standard InChI is InChI=1S/C14H15N/c1-11-5-6-13(9-12(11)2)14(10-15)7-3-4-8-14/h3-6,9H,7-8H2,1-2H3. The highest BCUT2D eigenvalue weighted by molar-refractivity contribution is 5.41. The van der Waals surface area contributed by atoms with Crippen LogP contribution in [0.15, 0.2) is 30.4 Å². The molecule has 0 aromatic heterocycles. The average Bonchev–Trinajstić information content (AvgIpc) is 2.72. The third-order valence-corrected chi connectivity index (χ3v) is 3.37. The minimum atomic E-state index is -0.293. The van der Waals surface area contributed by atoms with Gasteiger partial charge in [-0.2, -0.15) is 5.26 Å². The molecule has 1 aliphatic carbocycles. The highest BCUT2D eigenvalue weighted by Crippen LogP contribution is 2.36. The highest BCUT2D eigenvalue weighted by atomic mass is 14.4. The van der Waals surface area contributed by atoms with E-state index in [4.69, 9.17) is 0 Å². The maximum absolute atomic E-state index is 9.34. The van der Waals surface area contributed by atoms with Gasteiger partial charge in [-0.1, -0.05) is 30.4 Å². The zero-order valence-electron chi connectivity index (χ0n) is 9.25. The molecule has 0 N–H and O–H groups in total. The Hall–Kier alpha value is -1.55. The first-order valence-corrected chi connectivity index (χ1v) is 5.32. The summed E-state index contributed by atoms with van der Waals surface area (Å²) in [6.07, 6.45) is 5.93. The minimum Gasteiger partial charge on any atom is -0.197 e. The first-order chi connectivity index (χ1) is 7.18. The first kappa shape index (κ1) is 9.98. The second-order valence-corrected chi connectivity index (χ2v) is 4.37. The predicted molar refractivity (Wildman–Crippen MR) is 61.6 cm³/mol. The molecule has 15 heavy (non-hydrogen) atoms. The Morgan fingerprint density at radius 2 is 1.80 bits per heavy atom. The normalized spacial score (nSPS) is 17.7. The van der Waals surface area contributed by atoms with Crippen LogP contribution in [0.5, 0.6) is 0 Å². The fourth-order valence-electron chi connectivity index (χ4n) is 2.08. The second-order valence-electron chi connectivity index (χ2n) is 4.37. The largest absolute Gasteiger partial charge is 0.197 e. The number of benzene rings is 1. The number of nitrogens with zero attached hydrogens (tertiary/aromatic N) is 1. The van der Waals surface area contributed by atoms with Gasteiger partial charge in [0.1, 0.15) is 0 Å². The molecule has 1 aliphatic rings. The lowest BCUT2D eigenvalue weighted by molar-refractivity contribution is 0.596. The summed E-state index contributed by atoms with van der Waals surface area (Å²) < 4.78 is 0. The summed E-state index contributed by atoms with van der Waals surface area (Å²) in [5.41, 5.74) is 3.43. The molecule has 1 aromatic rings. The van der Waals surface area contributed by atoms with Crippen molar-refractivity contribution in [2.45, 2.75) is 32.1 Å². The highest BCUT2D eigenvalue weighted by Gasteiger charge is 2.32. The molecular formula is C14H15N. The SMILES string of the molecule is Cc1ccc(C2(C#N)CC=CC2)cc1C. The molecule has 0 heterocycles. The van der Waals surface area contributed by atoms with Crippen molar-refractivity contribution in [3.63, 3.8) is 0 Å². The molecule has 0 bridgehead atoms. The van der Waals surface area contributed by atoms with Crippen LogP contribution in [0.4, 0.5) is 0 Å². The molecule has 0 unspecified atom stereocenters. The Morgan fingerprint density at radius 3 is 2.33 bits per heavy atom. The summed E-state index contributed by atoms with van der Waals surface area (Å²) in [5.74, 6) is 0. The third kappa shape index (κ3) is 1.57. The summed E-state index contributed by atoms with van der Waals surface area (Å²) in [6, 6.07) is 8.85. The number of rotatable bonds is 1. The van der Waals surface area contributed by atoms with Gasteiger partial charge < -0.3 is 0 Å². The van der Waals surface area contributed by atoms with Gasteiger partial charge in [0.05, 0.1) is 11.5 Å². The van der Waals surface area contributed by atoms with E-state index in [1.807, 2.05) is 0 Å². The van der Waals surface area contributed by atoms with Crippen LogP contribution in [0.1, 0.15) is 29.5 Å². The van der Waals surface area contributed by atoms with Gasteiger partial charge in [0.2, 0.25) is 0 Å². The molecule has 0 fully saturated rings. The van der Waals surface area contributed by atoms with Gasteiger partial charge in [-0.05, 0) is 43.4 Å². The van der Waals surface area contributed by atoms with Crippen molar-refractivity contribution in [3.05, 3.63) is 47.0 Å². The average molecular weight is 197 g/mol. The van der Waals surface area contributed by atoms with E-state index in [0.717, 1.165) is 18.4 Å². The Labute approximate surface area is 91.0 Å². The molecule has 0 spiro atoms. The molecule has 0 saturated carbocycles. The topological polar surface area (TPSA) is 23.8 Å². The summed E-state index contributed by atoms with van der Waals surface area (Å²) in [5, 5.41) is 9.34. The lowest BCUT2D eigenvalue weighted by atomic mass is 9.79. The molecule has 1 aromatic carbocycles. The van der Waals surface area contributed by atoms with Crippen molar-refractivity contribution in [1.82, 2.24) is 0 Å². The zero-order valence-corrected chi connectivity index (χ0v) is 9.25. The van der Waals surface area contributed by atoms with Gasteiger partial charge in [-0.15, -0.1) is 0 Å². The summed E-state index contributed by atoms with van der Waals surface area (Å²) in [7, 11) is 0. The van der Waals surface area contributed by atoms with E-state index in [2.05, 4.69) is 50.3 Å². The van der Waals surface area contributed by atoms with Gasteiger partial charge in [-0.3, -0.25) is 0 Å². The lowest BCUT2D eigenvalue weighted by Crippen LogP contribution is -2.19. The molecule has 0 atom stereocenters. The van der Waals surface area contributed by atoms with Crippen LogP contribution >= 0.6 is 0 Å². The monoisotopic (exact) mass is 197 g/mol. The lowest BCUT2D eigenvalue weighted by Gasteiger charge is -2.21. The van der Waals surface area contributed by atoms with Crippen LogP contribution in [-0.4, -0.2) is 0 Å². The molecule has 2 rings (SSSR count). The second kappa shape index (κ2) is 3.55. The fourth-order valence-corrected chi connectivity index (χ4v) is 2.08. The van der Waals surface area contributed by atoms with E-state index < -0.39 is 0 Å². The van der Waals surface area contributed by atoms with Crippen molar-refractivity contribution >= 4 is 0 Å². The minimum absolute atomic E-state index is 0.293. The van der Waals surface area contributed by atoms with Crippen molar-refractivity contribution < 1.29 is 0 Å². The van der Waals surface area contributed by atoms with E-state index in [1.165, 1.54) is 11.1 Å². The van der Waals surface area contributed by atoms with E-state index in [1.54, 1.807) is 0 Å². The molecular weight excluding hydrogens is 182 g/mol. The summed E-state index contributed by atoms with van der Waals surface area (Å²) >= 11 is 0. The van der Waals surface area contributed by atoms with Gasteiger partial charge in [0, 0.05) is 0 Å². The molecule has 1 heteroatoms. The smallest absolute Gasteiger partial charge is 0.0890 e. The fraction of sp³-hybridized carbons (Fsp3) is 0.357. The van der Waals surface area contributed by atoms with Gasteiger partial charge in [0.15, 0.2) is 0 Å². The molecule has 76 valence electrons. The maximum Gasteiger partial charge on any atom is 0.0890 e. The first-order valence-electron chi connectivity index (χ1n) is 5.32. The van der Waals surface area contributed by atoms with Crippen molar-refractivity contribution in [3.8, 4) is 6.07 Å². The quantitative estimate of drug-likeness (QED) is 0.633. The van der Waals surface area contributed by atoms with Crippen molar-refractivity contribution in [2.24, 2.45) is 0 Å². The van der Waals surface area contributed by atoms with Crippen molar-refractivity contribution in [1.29, 1.82) is 5.26 Å². The van der Waals surface area contributed by atoms with Crippen LogP contribution in [0.25, 0.3) is 0 Å². The molecule has 0 amide bonds. The zero-order chi connectivity index (χ0) is 10.9. The number of hydrogen-bond acceptors (Lipinski definition) is 1. The molecule has 0 saturated heterocycles. The van der Waals surface area contributed by atoms with Crippen LogP contribution in [0, 0.1) is 25.2 Å². The van der Waals surface area contributed by atoms with Crippen molar-refractivity contribution in [2.75, 3.05) is 0 Å². The summed E-state index contributed by atoms with van der Waals surface area (Å²) in [4.78, 5) is 0. The van der Waals surface area contributed by atoms with Crippen LogP contribution in [0.2, 0.25) is 0 Å². The Balaban J connectivity index is 2.45. The molecule has 1 nitrogen and oxygen atoms in total. The number of allylic oxidation sites excluding steroid dienone is 2. The van der Waals surface area contributed by atoms with Crippen LogP contribution in [-0.2, 0) is 5.41 Å². The van der Waals surface area contributed by atoms with Gasteiger partial charge in [0.25, 0.3) is 0 Å². The van der Waals surface area contributed by atoms with E-state index in [-0.39, 0.29) is 5.41 Å². The van der Waals surface area contributed by atoms with Crippen LogP contribution < -0.4 is 0 Å². The number of hydrogen-bond donors (Lipinski definition) is 0. The van der Waals surface area contributed by atoms with E-state index in [9.17, 15) is 5.26 Å². The van der Waals surface area contributed by atoms with Gasteiger partial charge in [-0.25, -0.2) is 0 Å². The Kier molecular flexibility index (Phi) is 2.36. The molecule has 0 radical (unpaired) electrons. The Morgan fingerprint density at radius 1 is 1.13 bits per heavy atom. The number of aryl methyl sites for hydroxylation is 2.